The number of thiazole rings is 1. The van der Waals surface area contributed by atoms with Crippen molar-refractivity contribution in [3.05, 3.63) is 46.4 Å². The van der Waals surface area contributed by atoms with Crippen LogP contribution in [0.3, 0.4) is 0 Å². The van der Waals surface area contributed by atoms with Gasteiger partial charge < -0.3 is 10.0 Å². The maximum atomic E-state index is 9.14. The zero-order valence-corrected chi connectivity index (χ0v) is 10.7. The highest BCUT2D eigenvalue weighted by molar-refractivity contribution is 7.09. The van der Waals surface area contributed by atoms with Gasteiger partial charge in [-0.05, 0) is 19.1 Å². The number of nitrogens with zero attached hydrogens (tertiary/aromatic N) is 2. The molecule has 0 atom stereocenters. The summed E-state index contributed by atoms with van der Waals surface area (Å²) in [5, 5.41) is 9.14. The summed E-state index contributed by atoms with van der Waals surface area (Å²) in [6.45, 7) is 3.63. The molecule has 2 rings (SSSR count). The molecule has 0 aliphatic rings. The minimum absolute atomic E-state index is 0.159. The largest absolute Gasteiger partial charge is 0.395 e. The molecule has 4 heteroatoms. The Hall–Kier alpha value is -1.39. The summed E-state index contributed by atoms with van der Waals surface area (Å²) in [4.78, 5) is 7.67. The van der Waals surface area contributed by atoms with Crippen LogP contribution in [-0.4, -0.2) is 23.2 Å². The number of rotatable bonds is 5. The number of hydrogen-bond donors (Lipinski definition) is 1. The SMILES string of the molecule is Cc1ncsc1CN(CCO)c1ccccc1. The Bertz CT molecular complexity index is 455. The Morgan fingerprint density at radius 2 is 2.06 bits per heavy atom. The molecule has 1 heterocycles. The van der Waals surface area contributed by atoms with Crippen molar-refractivity contribution in [2.75, 3.05) is 18.1 Å². The average Bonchev–Trinajstić information content (AvgIpc) is 2.76. The van der Waals surface area contributed by atoms with Gasteiger partial charge in [0.2, 0.25) is 0 Å². The van der Waals surface area contributed by atoms with Crippen molar-refractivity contribution in [3.8, 4) is 0 Å². The first kappa shape index (κ1) is 12.1. The van der Waals surface area contributed by atoms with E-state index in [0.29, 0.717) is 6.54 Å². The van der Waals surface area contributed by atoms with E-state index in [4.69, 9.17) is 5.11 Å². The molecular weight excluding hydrogens is 232 g/mol. The molecule has 0 aliphatic heterocycles. The number of aliphatic hydroxyl groups is 1. The van der Waals surface area contributed by atoms with Crippen LogP contribution >= 0.6 is 11.3 Å². The van der Waals surface area contributed by atoms with Crippen molar-refractivity contribution in [3.63, 3.8) is 0 Å². The van der Waals surface area contributed by atoms with Crippen molar-refractivity contribution in [2.45, 2.75) is 13.5 Å². The van der Waals surface area contributed by atoms with Crippen LogP contribution in [0.2, 0.25) is 0 Å². The minimum atomic E-state index is 0.159. The predicted molar refractivity (Wildman–Crippen MR) is 71.4 cm³/mol. The van der Waals surface area contributed by atoms with Gasteiger partial charge in [0.25, 0.3) is 0 Å². The van der Waals surface area contributed by atoms with Gasteiger partial charge in [-0.3, -0.25) is 0 Å². The van der Waals surface area contributed by atoms with E-state index in [0.717, 1.165) is 17.9 Å². The molecule has 0 bridgehead atoms. The van der Waals surface area contributed by atoms with Gasteiger partial charge in [-0.1, -0.05) is 18.2 Å². The number of anilines is 1. The molecule has 0 spiro atoms. The first-order valence-electron chi connectivity index (χ1n) is 5.61. The lowest BCUT2D eigenvalue weighted by atomic mass is 10.2. The molecule has 1 aromatic carbocycles. The van der Waals surface area contributed by atoms with Gasteiger partial charge in [0.05, 0.1) is 24.4 Å². The van der Waals surface area contributed by atoms with E-state index in [9.17, 15) is 0 Å². The van der Waals surface area contributed by atoms with Crippen molar-refractivity contribution >= 4 is 17.0 Å². The van der Waals surface area contributed by atoms with Gasteiger partial charge in [0.1, 0.15) is 0 Å². The zero-order chi connectivity index (χ0) is 12.1. The molecule has 0 amide bonds. The summed E-state index contributed by atoms with van der Waals surface area (Å²) in [5.74, 6) is 0. The van der Waals surface area contributed by atoms with E-state index < -0.39 is 0 Å². The van der Waals surface area contributed by atoms with Gasteiger partial charge in [-0.15, -0.1) is 11.3 Å². The molecule has 3 nitrogen and oxygen atoms in total. The van der Waals surface area contributed by atoms with Gasteiger partial charge >= 0.3 is 0 Å². The van der Waals surface area contributed by atoms with Crippen LogP contribution in [0.25, 0.3) is 0 Å². The zero-order valence-electron chi connectivity index (χ0n) is 9.84. The number of aryl methyl sites for hydroxylation is 1. The molecule has 0 saturated heterocycles. The summed E-state index contributed by atoms with van der Waals surface area (Å²) in [5.41, 5.74) is 4.08. The van der Waals surface area contributed by atoms with Crippen molar-refractivity contribution in [1.29, 1.82) is 0 Å². The highest BCUT2D eigenvalue weighted by Gasteiger charge is 2.09. The Morgan fingerprint density at radius 1 is 1.29 bits per heavy atom. The first-order valence-corrected chi connectivity index (χ1v) is 6.49. The normalized spacial score (nSPS) is 10.5. The summed E-state index contributed by atoms with van der Waals surface area (Å²) in [7, 11) is 0. The van der Waals surface area contributed by atoms with Gasteiger partial charge in [-0.2, -0.15) is 0 Å². The highest BCUT2D eigenvalue weighted by Crippen LogP contribution is 2.20. The van der Waals surface area contributed by atoms with Crippen LogP contribution in [0.5, 0.6) is 0 Å². The van der Waals surface area contributed by atoms with Crippen LogP contribution in [-0.2, 0) is 6.54 Å². The Kier molecular flexibility index (Phi) is 4.12. The number of aromatic nitrogens is 1. The third-order valence-electron chi connectivity index (χ3n) is 2.67. The van der Waals surface area contributed by atoms with Crippen LogP contribution in [0, 0.1) is 6.92 Å². The quantitative estimate of drug-likeness (QED) is 0.883. The Labute approximate surface area is 105 Å². The lowest BCUT2D eigenvalue weighted by Gasteiger charge is -2.23. The molecule has 0 unspecified atom stereocenters. The molecule has 1 aromatic heterocycles. The second-order valence-electron chi connectivity index (χ2n) is 3.84. The van der Waals surface area contributed by atoms with Gasteiger partial charge in [0, 0.05) is 17.1 Å². The van der Waals surface area contributed by atoms with Crippen molar-refractivity contribution in [2.24, 2.45) is 0 Å². The second-order valence-corrected chi connectivity index (χ2v) is 4.78. The molecule has 0 aliphatic carbocycles. The van der Waals surface area contributed by atoms with Crippen molar-refractivity contribution in [1.82, 2.24) is 4.98 Å². The Balaban J connectivity index is 2.16. The maximum Gasteiger partial charge on any atom is 0.0798 e. The van der Waals surface area contributed by atoms with E-state index in [1.165, 1.54) is 4.88 Å². The van der Waals surface area contributed by atoms with E-state index in [1.54, 1.807) is 11.3 Å². The van der Waals surface area contributed by atoms with E-state index >= 15 is 0 Å². The van der Waals surface area contributed by atoms with Gasteiger partial charge in [-0.25, -0.2) is 4.98 Å². The summed E-state index contributed by atoms with van der Waals surface area (Å²) in [6.07, 6.45) is 0. The molecule has 0 fully saturated rings. The third-order valence-corrected chi connectivity index (χ3v) is 3.59. The van der Waals surface area contributed by atoms with E-state index in [-0.39, 0.29) is 6.61 Å². The summed E-state index contributed by atoms with van der Waals surface area (Å²) < 4.78 is 0. The number of hydrogen-bond acceptors (Lipinski definition) is 4. The fourth-order valence-corrected chi connectivity index (χ4v) is 2.50. The monoisotopic (exact) mass is 248 g/mol. The highest BCUT2D eigenvalue weighted by atomic mass is 32.1. The fraction of sp³-hybridized carbons (Fsp3) is 0.308. The molecule has 17 heavy (non-hydrogen) atoms. The standard InChI is InChI=1S/C13H16N2OS/c1-11-13(17-10-14-11)9-15(7-8-16)12-5-3-2-4-6-12/h2-6,10,16H,7-9H2,1H3. The average molecular weight is 248 g/mol. The first-order chi connectivity index (χ1) is 8.31. The third kappa shape index (κ3) is 3.05. The second kappa shape index (κ2) is 5.80. The predicted octanol–water partition coefficient (Wildman–Crippen LogP) is 2.45. The topological polar surface area (TPSA) is 36.4 Å². The van der Waals surface area contributed by atoms with Gasteiger partial charge in [0.15, 0.2) is 0 Å². The molecule has 0 saturated carbocycles. The molecule has 0 radical (unpaired) electrons. The summed E-state index contributed by atoms with van der Waals surface area (Å²) >= 11 is 1.66. The maximum absolute atomic E-state index is 9.14. The van der Waals surface area contributed by atoms with Crippen LogP contribution in [0.1, 0.15) is 10.6 Å². The van der Waals surface area contributed by atoms with E-state index in [2.05, 4.69) is 22.0 Å². The Morgan fingerprint density at radius 3 is 2.65 bits per heavy atom. The lowest BCUT2D eigenvalue weighted by molar-refractivity contribution is 0.301. The lowest BCUT2D eigenvalue weighted by Crippen LogP contribution is -2.25. The summed E-state index contributed by atoms with van der Waals surface area (Å²) in [6, 6.07) is 10.1. The molecule has 2 aromatic rings. The van der Waals surface area contributed by atoms with Crippen LogP contribution < -0.4 is 4.90 Å². The molecule has 1 N–H and O–H groups in total. The van der Waals surface area contributed by atoms with Crippen LogP contribution in [0.15, 0.2) is 35.8 Å². The fourth-order valence-electron chi connectivity index (χ4n) is 1.71. The molecule has 90 valence electrons. The number of aliphatic hydroxyl groups excluding tert-OH is 1. The molecular formula is C13H16N2OS. The number of para-hydroxylation sites is 1. The van der Waals surface area contributed by atoms with Crippen molar-refractivity contribution < 1.29 is 5.11 Å². The van der Waals surface area contributed by atoms with E-state index in [1.807, 2.05) is 30.6 Å². The minimum Gasteiger partial charge on any atom is -0.395 e. The number of benzene rings is 1. The smallest absolute Gasteiger partial charge is 0.0798 e. The van der Waals surface area contributed by atoms with Crippen LogP contribution in [0.4, 0.5) is 5.69 Å².